The summed E-state index contributed by atoms with van der Waals surface area (Å²) in [4.78, 5) is 16.6. The third-order valence-corrected chi connectivity index (χ3v) is 4.61. The average molecular weight is 380 g/mol. The lowest BCUT2D eigenvalue weighted by molar-refractivity contribution is 0.0954. The normalized spacial score (nSPS) is 10.4. The number of carbonyl (C=O) groups is 1. The zero-order valence-corrected chi connectivity index (χ0v) is 16.0. The van der Waals surface area contributed by atoms with Crippen molar-refractivity contribution >= 4 is 23.3 Å². The summed E-state index contributed by atoms with van der Waals surface area (Å²) in [6, 6.07) is 19.5. The lowest BCUT2D eigenvalue weighted by Gasteiger charge is -2.09. The quantitative estimate of drug-likeness (QED) is 0.629. The molecule has 5 heteroatoms. The third kappa shape index (κ3) is 5.56. The Labute approximate surface area is 164 Å². The molecule has 3 aromatic rings. The van der Waals surface area contributed by atoms with E-state index in [9.17, 15) is 4.79 Å². The molecule has 0 aliphatic carbocycles. The zero-order chi connectivity index (χ0) is 19.1. The monoisotopic (exact) mass is 379 g/mol. The summed E-state index contributed by atoms with van der Waals surface area (Å²) in [6.07, 6.45) is 2.35. The van der Waals surface area contributed by atoms with Gasteiger partial charge in [-0.2, -0.15) is 0 Å². The summed E-state index contributed by atoms with van der Waals surface area (Å²) in [6.45, 7) is 3.35. The van der Waals surface area contributed by atoms with Crippen LogP contribution >= 0.6 is 11.6 Å². The molecule has 0 saturated carbocycles. The lowest BCUT2D eigenvalue weighted by atomic mass is 10.1. The largest absolute Gasteiger partial charge is 0.366 e. The number of carbonyl (C=O) groups excluding carboxylic acids is 1. The number of halogens is 1. The number of benzene rings is 2. The number of aromatic nitrogens is 1. The minimum absolute atomic E-state index is 0.123. The van der Waals surface area contributed by atoms with Gasteiger partial charge in [-0.05, 0) is 54.3 Å². The van der Waals surface area contributed by atoms with Crippen LogP contribution in [0.3, 0.4) is 0 Å². The van der Waals surface area contributed by atoms with Crippen molar-refractivity contribution in [1.29, 1.82) is 0 Å². The maximum Gasteiger partial charge on any atom is 0.252 e. The Morgan fingerprint density at radius 3 is 2.52 bits per heavy atom. The van der Waals surface area contributed by atoms with Gasteiger partial charge >= 0.3 is 0 Å². The SMILES string of the molecule is Cc1ccccc1CNc1ccc(C(=O)NCCc2ccc(Cl)cc2)cn1. The van der Waals surface area contributed by atoms with E-state index in [0.29, 0.717) is 23.7 Å². The molecule has 3 rings (SSSR count). The van der Waals surface area contributed by atoms with E-state index in [1.807, 2.05) is 42.5 Å². The Balaban J connectivity index is 1.48. The Bertz CT molecular complexity index is 892. The lowest BCUT2D eigenvalue weighted by Crippen LogP contribution is -2.25. The molecule has 138 valence electrons. The molecule has 0 aliphatic heterocycles. The average Bonchev–Trinajstić information content (AvgIpc) is 2.69. The molecule has 0 radical (unpaired) electrons. The first-order valence-corrected chi connectivity index (χ1v) is 9.27. The second kappa shape index (κ2) is 9.19. The van der Waals surface area contributed by atoms with Crippen molar-refractivity contribution in [1.82, 2.24) is 10.3 Å². The molecule has 1 heterocycles. The molecule has 1 amide bonds. The van der Waals surface area contributed by atoms with Gasteiger partial charge in [0.15, 0.2) is 0 Å². The predicted octanol–water partition coefficient (Wildman–Crippen LogP) is 4.63. The minimum Gasteiger partial charge on any atom is -0.366 e. The molecular weight excluding hydrogens is 358 g/mol. The van der Waals surface area contributed by atoms with Crippen LogP contribution in [0.2, 0.25) is 5.02 Å². The summed E-state index contributed by atoms with van der Waals surface area (Å²) in [5.41, 5.74) is 4.14. The Morgan fingerprint density at radius 2 is 1.81 bits per heavy atom. The van der Waals surface area contributed by atoms with Crippen LogP contribution in [-0.2, 0) is 13.0 Å². The van der Waals surface area contributed by atoms with Crippen LogP contribution in [0, 0.1) is 6.92 Å². The van der Waals surface area contributed by atoms with Gasteiger partial charge in [0, 0.05) is 24.3 Å². The molecule has 0 saturated heterocycles. The van der Waals surface area contributed by atoms with Crippen molar-refractivity contribution in [3.63, 3.8) is 0 Å². The summed E-state index contributed by atoms with van der Waals surface area (Å²) >= 11 is 5.87. The van der Waals surface area contributed by atoms with Gasteiger partial charge in [0.1, 0.15) is 5.82 Å². The highest BCUT2D eigenvalue weighted by Gasteiger charge is 2.06. The topological polar surface area (TPSA) is 54.0 Å². The number of nitrogens with one attached hydrogen (secondary N) is 2. The highest BCUT2D eigenvalue weighted by molar-refractivity contribution is 6.30. The zero-order valence-electron chi connectivity index (χ0n) is 15.2. The number of nitrogens with zero attached hydrogens (tertiary/aromatic N) is 1. The van der Waals surface area contributed by atoms with Crippen LogP contribution in [0.15, 0.2) is 66.9 Å². The Morgan fingerprint density at radius 1 is 1.04 bits per heavy atom. The number of aryl methyl sites for hydroxylation is 1. The van der Waals surface area contributed by atoms with Crippen molar-refractivity contribution in [2.75, 3.05) is 11.9 Å². The summed E-state index contributed by atoms with van der Waals surface area (Å²) < 4.78 is 0. The highest BCUT2D eigenvalue weighted by atomic mass is 35.5. The Hall–Kier alpha value is -2.85. The van der Waals surface area contributed by atoms with Crippen molar-refractivity contribution in [3.8, 4) is 0 Å². The Kier molecular flexibility index (Phi) is 6.44. The molecule has 0 fully saturated rings. The van der Waals surface area contributed by atoms with Gasteiger partial charge in [0.25, 0.3) is 5.91 Å². The molecule has 27 heavy (non-hydrogen) atoms. The number of hydrogen-bond acceptors (Lipinski definition) is 3. The van der Waals surface area contributed by atoms with Gasteiger partial charge in [0.05, 0.1) is 5.56 Å². The van der Waals surface area contributed by atoms with Crippen LogP contribution < -0.4 is 10.6 Å². The van der Waals surface area contributed by atoms with E-state index < -0.39 is 0 Å². The van der Waals surface area contributed by atoms with Gasteiger partial charge in [-0.3, -0.25) is 4.79 Å². The summed E-state index contributed by atoms with van der Waals surface area (Å²) in [7, 11) is 0. The van der Waals surface area contributed by atoms with Gasteiger partial charge in [-0.1, -0.05) is 48.0 Å². The summed E-state index contributed by atoms with van der Waals surface area (Å²) in [5, 5.41) is 6.91. The van der Waals surface area contributed by atoms with Gasteiger partial charge in [-0.25, -0.2) is 4.98 Å². The molecular formula is C22H22ClN3O. The smallest absolute Gasteiger partial charge is 0.252 e. The fourth-order valence-electron chi connectivity index (χ4n) is 2.70. The fraction of sp³-hybridized carbons (Fsp3) is 0.182. The molecule has 1 aromatic heterocycles. The van der Waals surface area contributed by atoms with Crippen molar-refractivity contribution in [2.24, 2.45) is 0 Å². The van der Waals surface area contributed by atoms with Crippen LogP contribution in [0.25, 0.3) is 0 Å². The highest BCUT2D eigenvalue weighted by Crippen LogP contribution is 2.12. The molecule has 0 spiro atoms. The van der Waals surface area contributed by atoms with Gasteiger partial charge in [-0.15, -0.1) is 0 Å². The molecule has 2 N–H and O–H groups in total. The molecule has 4 nitrogen and oxygen atoms in total. The minimum atomic E-state index is -0.123. The number of anilines is 1. The van der Waals surface area contributed by atoms with Gasteiger partial charge < -0.3 is 10.6 Å². The number of rotatable bonds is 7. The van der Waals surface area contributed by atoms with Crippen LogP contribution in [0.5, 0.6) is 0 Å². The van der Waals surface area contributed by atoms with Crippen molar-refractivity contribution < 1.29 is 4.79 Å². The standard InChI is InChI=1S/C22H22ClN3O/c1-16-4-2-3-5-18(16)14-25-21-11-8-19(15-26-21)22(27)24-13-12-17-6-9-20(23)10-7-17/h2-11,15H,12-14H2,1H3,(H,24,27)(H,25,26). The van der Waals surface area contributed by atoms with E-state index in [0.717, 1.165) is 17.8 Å². The van der Waals surface area contributed by atoms with Gasteiger partial charge in [0.2, 0.25) is 0 Å². The molecule has 2 aromatic carbocycles. The second-order valence-corrected chi connectivity index (χ2v) is 6.78. The summed E-state index contributed by atoms with van der Waals surface area (Å²) in [5.74, 6) is 0.623. The van der Waals surface area contributed by atoms with Crippen molar-refractivity contribution in [2.45, 2.75) is 19.9 Å². The number of hydrogen-bond donors (Lipinski definition) is 2. The number of amides is 1. The van der Waals surface area contributed by atoms with E-state index >= 15 is 0 Å². The van der Waals surface area contributed by atoms with Crippen LogP contribution in [0.1, 0.15) is 27.0 Å². The first kappa shape index (κ1) is 18.9. The maximum atomic E-state index is 12.2. The van der Waals surface area contributed by atoms with Crippen molar-refractivity contribution in [3.05, 3.63) is 94.1 Å². The number of pyridine rings is 1. The predicted molar refractivity (Wildman–Crippen MR) is 110 cm³/mol. The first-order valence-electron chi connectivity index (χ1n) is 8.89. The molecule has 0 aliphatic rings. The second-order valence-electron chi connectivity index (χ2n) is 6.34. The van der Waals surface area contributed by atoms with E-state index in [2.05, 4.69) is 34.7 Å². The molecule has 0 unspecified atom stereocenters. The third-order valence-electron chi connectivity index (χ3n) is 4.36. The van der Waals surface area contributed by atoms with E-state index in [-0.39, 0.29) is 5.91 Å². The van der Waals surface area contributed by atoms with Crippen LogP contribution in [-0.4, -0.2) is 17.4 Å². The maximum absolute atomic E-state index is 12.2. The molecule has 0 bridgehead atoms. The molecule has 0 atom stereocenters. The van der Waals surface area contributed by atoms with E-state index in [4.69, 9.17) is 11.6 Å². The van der Waals surface area contributed by atoms with E-state index in [1.165, 1.54) is 11.1 Å². The first-order chi connectivity index (χ1) is 13.1. The van der Waals surface area contributed by atoms with E-state index in [1.54, 1.807) is 12.3 Å². The van der Waals surface area contributed by atoms with Crippen LogP contribution in [0.4, 0.5) is 5.82 Å². The fourth-order valence-corrected chi connectivity index (χ4v) is 2.83.